The number of nitrogens with zero attached hydrogens (tertiary/aromatic N) is 2. The summed E-state index contributed by atoms with van der Waals surface area (Å²) in [5.74, 6) is 0.131. The van der Waals surface area contributed by atoms with Gasteiger partial charge in [0.15, 0.2) is 0 Å². The molecule has 0 atom stereocenters. The molecule has 3 rings (SSSR count). The number of aromatic nitrogens is 2. The Labute approximate surface area is 120 Å². The van der Waals surface area contributed by atoms with E-state index in [0.717, 1.165) is 29.7 Å². The van der Waals surface area contributed by atoms with Gasteiger partial charge in [0.2, 0.25) is 0 Å². The number of aryl methyl sites for hydroxylation is 3. The Morgan fingerprint density at radius 2 is 2.15 bits per heavy atom. The van der Waals surface area contributed by atoms with Gasteiger partial charge in [-0.15, -0.1) is 11.3 Å². The van der Waals surface area contributed by atoms with Gasteiger partial charge in [0.25, 0.3) is 5.56 Å². The van der Waals surface area contributed by atoms with Crippen LogP contribution in [0, 0.1) is 6.92 Å². The minimum absolute atomic E-state index is 0.0747. The Morgan fingerprint density at radius 1 is 1.40 bits per heavy atom. The second kappa shape index (κ2) is 5.01. The van der Waals surface area contributed by atoms with Crippen molar-refractivity contribution in [1.29, 1.82) is 0 Å². The summed E-state index contributed by atoms with van der Waals surface area (Å²) in [6.45, 7) is 1.68. The SMILES string of the molecule is COC(=O)Cn1c(C)nc2sc3c(c2c1=O)CCCC3. The topological polar surface area (TPSA) is 61.2 Å². The zero-order valence-electron chi connectivity index (χ0n) is 11.6. The average molecular weight is 292 g/mol. The molecule has 20 heavy (non-hydrogen) atoms. The van der Waals surface area contributed by atoms with Crippen LogP contribution in [0.4, 0.5) is 0 Å². The van der Waals surface area contributed by atoms with Crippen LogP contribution < -0.4 is 5.56 Å². The fourth-order valence-corrected chi connectivity index (χ4v) is 4.02. The Kier molecular flexibility index (Phi) is 3.33. The van der Waals surface area contributed by atoms with Crippen molar-refractivity contribution in [2.75, 3.05) is 7.11 Å². The number of ether oxygens (including phenoxy) is 1. The normalized spacial score (nSPS) is 14.3. The summed E-state index contributed by atoms with van der Waals surface area (Å²) in [5.41, 5.74) is 1.03. The van der Waals surface area contributed by atoms with Crippen LogP contribution in [-0.2, 0) is 28.9 Å². The molecule has 106 valence electrons. The largest absolute Gasteiger partial charge is 0.468 e. The second-order valence-corrected chi connectivity index (χ2v) is 6.10. The van der Waals surface area contributed by atoms with Gasteiger partial charge in [-0.2, -0.15) is 0 Å². The standard InChI is InChI=1S/C14H16N2O3S/c1-8-15-13-12(9-5-3-4-6-10(9)20-13)14(18)16(8)7-11(17)19-2/h3-7H2,1-2H3. The van der Waals surface area contributed by atoms with Gasteiger partial charge in [0.05, 0.1) is 12.5 Å². The molecule has 2 aromatic rings. The summed E-state index contributed by atoms with van der Waals surface area (Å²) in [5, 5.41) is 0.708. The molecule has 0 bridgehead atoms. The fraction of sp³-hybridized carbons (Fsp3) is 0.500. The van der Waals surface area contributed by atoms with Crippen LogP contribution in [0.15, 0.2) is 4.79 Å². The minimum atomic E-state index is -0.430. The summed E-state index contributed by atoms with van der Waals surface area (Å²) >= 11 is 1.62. The molecule has 5 nitrogen and oxygen atoms in total. The second-order valence-electron chi connectivity index (χ2n) is 5.02. The lowest BCUT2D eigenvalue weighted by Gasteiger charge is -2.11. The molecule has 1 aliphatic rings. The van der Waals surface area contributed by atoms with E-state index in [9.17, 15) is 9.59 Å². The molecule has 2 aromatic heterocycles. The highest BCUT2D eigenvalue weighted by atomic mass is 32.1. The molecule has 2 heterocycles. The molecular weight excluding hydrogens is 276 g/mol. The lowest BCUT2D eigenvalue weighted by Crippen LogP contribution is -2.28. The molecule has 0 aliphatic heterocycles. The van der Waals surface area contributed by atoms with Crippen LogP contribution in [0.2, 0.25) is 0 Å². The first-order valence-corrected chi connectivity index (χ1v) is 7.52. The highest BCUT2D eigenvalue weighted by Crippen LogP contribution is 2.33. The van der Waals surface area contributed by atoms with Gasteiger partial charge < -0.3 is 4.74 Å². The molecule has 0 N–H and O–H groups in total. The van der Waals surface area contributed by atoms with E-state index in [4.69, 9.17) is 0 Å². The predicted molar refractivity (Wildman–Crippen MR) is 77.3 cm³/mol. The van der Waals surface area contributed by atoms with Gasteiger partial charge in [0, 0.05) is 4.88 Å². The highest BCUT2D eigenvalue weighted by molar-refractivity contribution is 7.18. The van der Waals surface area contributed by atoms with Crippen molar-refractivity contribution in [2.24, 2.45) is 0 Å². The maximum Gasteiger partial charge on any atom is 0.325 e. The minimum Gasteiger partial charge on any atom is -0.468 e. The average Bonchev–Trinajstić information content (AvgIpc) is 2.81. The van der Waals surface area contributed by atoms with Gasteiger partial charge in [-0.05, 0) is 38.2 Å². The zero-order chi connectivity index (χ0) is 14.3. The lowest BCUT2D eigenvalue weighted by atomic mass is 9.97. The summed E-state index contributed by atoms with van der Waals surface area (Å²) < 4.78 is 6.06. The predicted octanol–water partition coefficient (Wildman–Crippen LogP) is 1.82. The number of carbonyl (C=O) groups is 1. The molecule has 0 fully saturated rings. The van der Waals surface area contributed by atoms with Crippen molar-refractivity contribution in [2.45, 2.75) is 39.2 Å². The van der Waals surface area contributed by atoms with E-state index in [1.807, 2.05) is 0 Å². The summed E-state index contributed by atoms with van der Waals surface area (Å²) in [6.07, 6.45) is 4.26. The van der Waals surface area contributed by atoms with Crippen molar-refractivity contribution in [3.05, 3.63) is 26.6 Å². The number of hydrogen-bond donors (Lipinski definition) is 0. The smallest absolute Gasteiger partial charge is 0.325 e. The van der Waals surface area contributed by atoms with Crippen molar-refractivity contribution in [3.63, 3.8) is 0 Å². The van der Waals surface area contributed by atoms with E-state index in [0.29, 0.717) is 11.2 Å². The zero-order valence-corrected chi connectivity index (χ0v) is 12.4. The molecule has 0 saturated heterocycles. The first kappa shape index (κ1) is 13.3. The first-order valence-electron chi connectivity index (χ1n) is 6.70. The molecule has 0 unspecified atom stereocenters. The third-order valence-electron chi connectivity index (χ3n) is 3.78. The number of rotatable bonds is 2. The number of thiophene rings is 1. The van der Waals surface area contributed by atoms with Crippen LogP contribution >= 0.6 is 11.3 Å². The van der Waals surface area contributed by atoms with Crippen molar-refractivity contribution < 1.29 is 9.53 Å². The highest BCUT2D eigenvalue weighted by Gasteiger charge is 2.21. The van der Waals surface area contributed by atoms with Gasteiger partial charge in [-0.1, -0.05) is 0 Å². The molecule has 6 heteroatoms. The van der Waals surface area contributed by atoms with E-state index in [-0.39, 0.29) is 12.1 Å². The van der Waals surface area contributed by atoms with Crippen molar-refractivity contribution in [3.8, 4) is 0 Å². The number of fused-ring (bicyclic) bond motifs is 3. The molecule has 0 saturated carbocycles. The first-order chi connectivity index (χ1) is 9.61. The van der Waals surface area contributed by atoms with Gasteiger partial charge in [0.1, 0.15) is 17.2 Å². The number of methoxy groups -OCH3 is 1. The Hall–Kier alpha value is -1.69. The number of hydrogen-bond acceptors (Lipinski definition) is 5. The Bertz CT molecular complexity index is 745. The van der Waals surface area contributed by atoms with Gasteiger partial charge in [-0.3, -0.25) is 14.2 Å². The molecular formula is C14H16N2O3S. The van der Waals surface area contributed by atoms with Crippen LogP contribution in [0.25, 0.3) is 10.2 Å². The maximum atomic E-state index is 12.7. The molecule has 1 aliphatic carbocycles. The summed E-state index contributed by atoms with van der Waals surface area (Å²) in [4.78, 5) is 30.7. The Balaban J connectivity index is 2.22. The van der Waals surface area contributed by atoms with Gasteiger partial charge >= 0.3 is 5.97 Å². The molecule has 0 radical (unpaired) electrons. The van der Waals surface area contributed by atoms with E-state index in [2.05, 4.69) is 9.72 Å². The summed E-state index contributed by atoms with van der Waals surface area (Å²) in [6, 6.07) is 0. The fourth-order valence-electron chi connectivity index (χ4n) is 2.72. The monoisotopic (exact) mass is 292 g/mol. The summed E-state index contributed by atoms with van der Waals surface area (Å²) in [7, 11) is 1.32. The van der Waals surface area contributed by atoms with E-state index < -0.39 is 5.97 Å². The lowest BCUT2D eigenvalue weighted by molar-refractivity contribution is -0.141. The molecule has 0 amide bonds. The van der Waals surface area contributed by atoms with Crippen molar-refractivity contribution >= 4 is 27.5 Å². The quantitative estimate of drug-likeness (QED) is 0.792. The van der Waals surface area contributed by atoms with Crippen molar-refractivity contribution in [1.82, 2.24) is 9.55 Å². The van der Waals surface area contributed by atoms with Crippen LogP contribution in [0.1, 0.15) is 29.1 Å². The molecule has 0 aromatic carbocycles. The number of carbonyl (C=O) groups excluding carboxylic acids is 1. The van der Waals surface area contributed by atoms with Gasteiger partial charge in [-0.25, -0.2) is 4.98 Å². The van der Waals surface area contributed by atoms with Crippen LogP contribution in [-0.4, -0.2) is 22.6 Å². The van der Waals surface area contributed by atoms with E-state index >= 15 is 0 Å². The van der Waals surface area contributed by atoms with Crippen LogP contribution in [0.5, 0.6) is 0 Å². The molecule has 0 spiro atoms. The van der Waals surface area contributed by atoms with Crippen LogP contribution in [0.3, 0.4) is 0 Å². The third-order valence-corrected chi connectivity index (χ3v) is 4.97. The number of esters is 1. The van der Waals surface area contributed by atoms with E-state index in [1.165, 1.54) is 23.0 Å². The Morgan fingerprint density at radius 3 is 2.90 bits per heavy atom. The third kappa shape index (κ3) is 2.04. The van der Waals surface area contributed by atoms with E-state index in [1.54, 1.807) is 18.3 Å². The maximum absolute atomic E-state index is 12.7.